The molecule has 6 nitrogen and oxygen atoms in total. The lowest BCUT2D eigenvalue weighted by Gasteiger charge is -2.40. The topological polar surface area (TPSA) is 65.4 Å². The monoisotopic (exact) mass is 328 g/mol. The number of hydrogen-bond donors (Lipinski definition) is 1. The van der Waals surface area contributed by atoms with Crippen LogP contribution in [0.5, 0.6) is 0 Å². The zero-order chi connectivity index (χ0) is 16.4. The Balaban J connectivity index is 1.36. The number of furan rings is 1. The molecule has 1 aliphatic heterocycles. The molecule has 2 aromatic rings. The number of rotatable bonds is 3. The maximum absolute atomic E-state index is 12.7. The summed E-state index contributed by atoms with van der Waals surface area (Å²) in [5.74, 6) is 0.705. The van der Waals surface area contributed by atoms with Crippen LogP contribution in [0.3, 0.4) is 0 Å². The lowest BCUT2D eigenvalue weighted by atomic mass is 9.94. The summed E-state index contributed by atoms with van der Waals surface area (Å²) < 4.78 is 5.34. The summed E-state index contributed by atoms with van der Waals surface area (Å²) in [4.78, 5) is 17.1. The molecule has 0 aromatic carbocycles. The molecule has 4 rings (SSSR count). The van der Waals surface area contributed by atoms with E-state index in [-0.39, 0.29) is 5.91 Å². The third kappa shape index (κ3) is 3.11. The van der Waals surface area contributed by atoms with E-state index < -0.39 is 0 Å². The lowest BCUT2D eigenvalue weighted by Crippen LogP contribution is -2.52. The van der Waals surface area contributed by atoms with E-state index in [9.17, 15) is 4.79 Å². The minimum atomic E-state index is 0.00681. The highest BCUT2D eigenvalue weighted by molar-refractivity contribution is 5.93. The molecule has 2 aliphatic rings. The van der Waals surface area contributed by atoms with Gasteiger partial charge in [-0.2, -0.15) is 5.10 Å². The highest BCUT2D eigenvalue weighted by Crippen LogP contribution is 2.24. The van der Waals surface area contributed by atoms with Gasteiger partial charge in [-0.25, -0.2) is 0 Å². The number of amides is 1. The van der Waals surface area contributed by atoms with Gasteiger partial charge in [0.1, 0.15) is 5.69 Å². The second-order valence-corrected chi connectivity index (χ2v) is 6.76. The molecule has 24 heavy (non-hydrogen) atoms. The molecule has 2 fully saturated rings. The fourth-order valence-electron chi connectivity index (χ4n) is 3.89. The number of nitrogens with one attached hydrogen (secondary N) is 1. The average Bonchev–Trinajstić information content (AvgIpc) is 3.33. The van der Waals surface area contributed by atoms with E-state index in [1.54, 1.807) is 12.3 Å². The van der Waals surface area contributed by atoms with Crippen molar-refractivity contribution in [2.75, 3.05) is 26.2 Å². The molecule has 1 amide bonds. The predicted octanol–water partition coefficient (Wildman–Crippen LogP) is 2.76. The molecule has 1 saturated carbocycles. The van der Waals surface area contributed by atoms with Crippen LogP contribution < -0.4 is 0 Å². The van der Waals surface area contributed by atoms with Crippen molar-refractivity contribution in [1.29, 1.82) is 0 Å². The first kappa shape index (κ1) is 15.4. The summed E-state index contributed by atoms with van der Waals surface area (Å²) in [6.07, 6.45) is 8.34. The van der Waals surface area contributed by atoms with E-state index in [1.807, 2.05) is 17.0 Å². The highest BCUT2D eigenvalue weighted by Gasteiger charge is 2.28. The van der Waals surface area contributed by atoms with Crippen LogP contribution in [0.15, 0.2) is 28.9 Å². The van der Waals surface area contributed by atoms with Gasteiger partial charge in [-0.1, -0.05) is 19.3 Å². The van der Waals surface area contributed by atoms with Gasteiger partial charge in [0.25, 0.3) is 5.91 Å². The van der Waals surface area contributed by atoms with Crippen LogP contribution in [0.25, 0.3) is 11.5 Å². The van der Waals surface area contributed by atoms with Gasteiger partial charge in [0, 0.05) is 38.3 Å². The Morgan fingerprint density at radius 1 is 1.17 bits per heavy atom. The molecule has 0 spiro atoms. The van der Waals surface area contributed by atoms with Crippen LogP contribution in [0, 0.1) is 0 Å². The first-order valence-corrected chi connectivity index (χ1v) is 8.94. The molecule has 1 N–H and O–H groups in total. The van der Waals surface area contributed by atoms with Crippen LogP contribution in [0.4, 0.5) is 0 Å². The van der Waals surface area contributed by atoms with Crippen molar-refractivity contribution < 1.29 is 9.21 Å². The number of H-pyrrole nitrogens is 1. The highest BCUT2D eigenvalue weighted by atomic mass is 16.3. The van der Waals surface area contributed by atoms with Gasteiger partial charge >= 0.3 is 0 Å². The Hall–Kier alpha value is -2.08. The number of nitrogens with zero attached hydrogens (tertiary/aromatic N) is 3. The minimum Gasteiger partial charge on any atom is -0.463 e. The minimum absolute atomic E-state index is 0.00681. The number of hydrogen-bond acceptors (Lipinski definition) is 4. The summed E-state index contributed by atoms with van der Waals surface area (Å²) in [6, 6.07) is 6.17. The molecule has 3 heterocycles. The molecule has 0 bridgehead atoms. The molecule has 0 unspecified atom stereocenters. The maximum atomic E-state index is 12.7. The standard InChI is InChI=1S/C18H24N4O2/c23-18(16-13-15(19-20-16)17-7-4-12-24-17)22-10-8-21(9-11-22)14-5-2-1-3-6-14/h4,7,12-14H,1-3,5-6,8-11H2,(H,19,20). The van der Waals surface area contributed by atoms with Gasteiger partial charge in [0.2, 0.25) is 0 Å². The predicted molar refractivity (Wildman–Crippen MR) is 90.6 cm³/mol. The van der Waals surface area contributed by atoms with Crippen molar-refractivity contribution in [3.63, 3.8) is 0 Å². The van der Waals surface area contributed by atoms with Gasteiger partial charge in [0.05, 0.1) is 6.26 Å². The van der Waals surface area contributed by atoms with E-state index in [0.717, 1.165) is 37.9 Å². The molecule has 6 heteroatoms. The zero-order valence-corrected chi connectivity index (χ0v) is 13.9. The second kappa shape index (κ2) is 6.81. The van der Waals surface area contributed by atoms with E-state index in [0.29, 0.717) is 11.5 Å². The molecule has 1 aliphatic carbocycles. The van der Waals surface area contributed by atoms with Gasteiger partial charge in [-0.15, -0.1) is 0 Å². The number of carbonyl (C=O) groups is 1. The Morgan fingerprint density at radius 3 is 2.67 bits per heavy atom. The van der Waals surface area contributed by atoms with Crippen molar-refractivity contribution >= 4 is 5.91 Å². The van der Waals surface area contributed by atoms with Crippen LogP contribution in [0.2, 0.25) is 0 Å². The average molecular weight is 328 g/mol. The first-order chi connectivity index (χ1) is 11.8. The van der Waals surface area contributed by atoms with Crippen molar-refractivity contribution in [1.82, 2.24) is 20.0 Å². The number of carbonyl (C=O) groups excluding carboxylic acids is 1. The molecule has 1 saturated heterocycles. The summed E-state index contributed by atoms with van der Waals surface area (Å²) in [5.41, 5.74) is 1.21. The van der Waals surface area contributed by atoms with E-state index in [1.165, 1.54) is 32.1 Å². The quantitative estimate of drug-likeness (QED) is 0.941. The van der Waals surface area contributed by atoms with Crippen molar-refractivity contribution in [3.05, 3.63) is 30.2 Å². The Bertz CT molecular complexity index is 665. The fourth-order valence-corrected chi connectivity index (χ4v) is 3.89. The summed E-state index contributed by atoms with van der Waals surface area (Å²) in [7, 11) is 0. The van der Waals surface area contributed by atoms with Gasteiger partial charge in [-0.05, 0) is 25.0 Å². The summed E-state index contributed by atoms with van der Waals surface area (Å²) in [6.45, 7) is 3.54. The van der Waals surface area contributed by atoms with Crippen LogP contribution in [-0.4, -0.2) is 58.1 Å². The first-order valence-electron chi connectivity index (χ1n) is 8.94. The normalized spacial score (nSPS) is 20.4. The summed E-state index contributed by atoms with van der Waals surface area (Å²) in [5, 5.41) is 7.05. The SMILES string of the molecule is O=C(c1cc(-c2ccco2)[nH]n1)N1CCN(C2CCCCC2)CC1. The Kier molecular flexibility index (Phi) is 4.38. The third-order valence-electron chi connectivity index (χ3n) is 5.28. The van der Waals surface area contributed by atoms with Gasteiger partial charge in [0.15, 0.2) is 11.5 Å². The maximum Gasteiger partial charge on any atom is 0.274 e. The molecular formula is C18H24N4O2. The van der Waals surface area contributed by atoms with E-state index >= 15 is 0 Å². The molecule has 0 atom stereocenters. The van der Waals surface area contributed by atoms with Gasteiger partial charge < -0.3 is 9.32 Å². The smallest absolute Gasteiger partial charge is 0.274 e. The fraction of sp³-hybridized carbons (Fsp3) is 0.556. The number of aromatic amines is 1. The second-order valence-electron chi connectivity index (χ2n) is 6.76. The Morgan fingerprint density at radius 2 is 1.96 bits per heavy atom. The molecular weight excluding hydrogens is 304 g/mol. The number of piperazine rings is 1. The molecule has 128 valence electrons. The lowest BCUT2D eigenvalue weighted by molar-refractivity contribution is 0.0518. The van der Waals surface area contributed by atoms with E-state index in [4.69, 9.17) is 4.42 Å². The molecule has 2 aromatic heterocycles. The summed E-state index contributed by atoms with van der Waals surface area (Å²) >= 11 is 0. The van der Waals surface area contributed by atoms with Crippen LogP contribution in [-0.2, 0) is 0 Å². The van der Waals surface area contributed by atoms with Crippen molar-refractivity contribution in [2.24, 2.45) is 0 Å². The van der Waals surface area contributed by atoms with Crippen LogP contribution >= 0.6 is 0 Å². The number of aromatic nitrogens is 2. The van der Waals surface area contributed by atoms with Gasteiger partial charge in [-0.3, -0.25) is 14.8 Å². The molecule has 0 radical (unpaired) electrons. The Labute approximate surface area is 141 Å². The third-order valence-corrected chi connectivity index (χ3v) is 5.28. The van der Waals surface area contributed by atoms with Crippen molar-refractivity contribution in [2.45, 2.75) is 38.1 Å². The largest absolute Gasteiger partial charge is 0.463 e. The van der Waals surface area contributed by atoms with Crippen molar-refractivity contribution in [3.8, 4) is 11.5 Å². The zero-order valence-electron chi connectivity index (χ0n) is 13.9. The van der Waals surface area contributed by atoms with Crippen LogP contribution in [0.1, 0.15) is 42.6 Å². The van der Waals surface area contributed by atoms with E-state index in [2.05, 4.69) is 15.1 Å².